The summed E-state index contributed by atoms with van der Waals surface area (Å²) < 4.78 is 8.15. The van der Waals surface area contributed by atoms with Crippen LogP contribution in [0.1, 0.15) is 5.56 Å². The Labute approximate surface area is 188 Å². The van der Waals surface area contributed by atoms with Crippen molar-refractivity contribution in [2.45, 2.75) is 0 Å². The largest absolute Gasteiger partial charge is 0.378 e. The molecule has 2 aromatic carbocycles. The molecular formula is C22H21BrN6O2. The molecule has 1 fully saturated rings. The van der Waals surface area contributed by atoms with Crippen LogP contribution in [0.4, 0.5) is 21.9 Å². The van der Waals surface area contributed by atoms with Crippen molar-refractivity contribution < 1.29 is 9.53 Å². The smallest absolute Gasteiger partial charge is 0.323 e. The van der Waals surface area contributed by atoms with Crippen LogP contribution >= 0.6 is 15.9 Å². The predicted molar refractivity (Wildman–Crippen MR) is 123 cm³/mol. The molecule has 1 aromatic heterocycles. The van der Waals surface area contributed by atoms with Crippen molar-refractivity contribution in [2.24, 2.45) is 7.05 Å². The molecule has 0 saturated carbocycles. The maximum Gasteiger partial charge on any atom is 0.323 e. The zero-order chi connectivity index (χ0) is 21.8. The lowest BCUT2D eigenvalue weighted by Crippen LogP contribution is -2.36. The third kappa shape index (κ3) is 4.87. The quantitative estimate of drug-likeness (QED) is 0.583. The van der Waals surface area contributed by atoms with Crippen LogP contribution < -0.4 is 15.5 Å². The summed E-state index contributed by atoms with van der Waals surface area (Å²) in [4.78, 5) is 14.8. The van der Waals surface area contributed by atoms with Gasteiger partial charge in [0.1, 0.15) is 0 Å². The number of hydrogen-bond donors (Lipinski definition) is 2. The average Bonchev–Trinajstić information content (AvgIpc) is 3.12. The van der Waals surface area contributed by atoms with Gasteiger partial charge in [-0.25, -0.2) is 4.79 Å². The van der Waals surface area contributed by atoms with Gasteiger partial charge in [0.25, 0.3) is 0 Å². The van der Waals surface area contributed by atoms with Crippen molar-refractivity contribution in [2.75, 3.05) is 41.8 Å². The number of carbonyl (C=O) groups is 1. The van der Waals surface area contributed by atoms with E-state index in [0.29, 0.717) is 30.2 Å². The molecule has 1 aliphatic rings. The van der Waals surface area contributed by atoms with Crippen LogP contribution in [0.5, 0.6) is 0 Å². The predicted octanol–water partition coefficient (Wildman–Crippen LogP) is 4.20. The second-order valence-electron chi connectivity index (χ2n) is 7.10. The number of halogens is 1. The molecule has 0 aliphatic carbocycles. The van der Waals surface area contributed by atoms with Gasteiger partial charge in [-0.15, -0.1) is 0 Å². The molecule has 1 aliphatic heterocycles. The Balaban J connectivity index is 1.61. The van der Waals surface area contributed by atoms with Crippen LogP contribution in [0.25, 0.3) is 11.3 Å². The Bertz CT molecular complexity index is 1110. The van der Waals surface area contributed by atoms with E-state index in [-0.39, 0.29) is 6.03 Å². The maximum absolute atomic E-state index is 12.6. The molecule has 2 amide bonds. The summed E-state index contributed by atoms with van der Waals surface area (Å²) in [7, 11) is 1.88. The fraction of sp³-hybridized carbons (Fsp3) is 0.227. The molecule has 1 saturated heterocycles. The first-order chi connectivity index (χ1) is 15.0. The lowest BCUT2D eigenvalue weighted by atomic mass is 10.1. The van der Waals surface area contributed by atoms with Crippen LogP contribution in [0.15, 0.2) is 53.1 Å². The normalized spacial score (nSPS) is 13.5. The number of nitrogens with zero attached hydrogens (tertiary/aromatic N) is 4. The minimum absolute atomic E-state index is 0.362. The number of aromatic nitrogens is 2. The number of morpholine rings is 1. The van der Waals surface area contributed by atoms with Gasteiger partial charge in [-0.05, 0) is 58.4 Å². The van der Waals surface area contributed by atoms with Gasteiger partial charge < -0.3 is 20.3 Å². The second kappa shape index (κ2) is 9.20. The van der Waals surface area contributed by atoms with Gasteiger partial charge in [0.05, 0.1) is 41.2 Å². The molecular weight excluding hydrogens is 460 g/mol. The topological polar surface area (TPSA) is 95.2 Å². The van der Waals surface area contributed by atoms with Gasteiger partial charge in [-0.2, -0.15) is 10.4 Å². The molecule has 2 N–H and O–H groups in total. The van der Waals surface area contributed by atoms with E-state index in [9.17, 15) is 4.79 Å². The van der Waals surface area contributed by atoms with E-state index in [4.69, 9.17) is 10.00 Å². The minimum atomic E-state index is -0.362. The van der Waals surface area contributed by atoms with Crippen LogP contribution in [-0.4, -0.2) is 42.1 Å². The first kappa shape index (κ1) is 20.9. The summed E-state index contributed by atoms with van der Waals surface area (Å²) in [6.45, 7) is 2.91. The second-order valence-corrected chi connectivity index (χ2v) is 7.96. The van der Waals surface area contributed by atoms with Crippen molar-refractivity contribution in [1.82, 2.24) is 9.78 Å². The number of carbonyl (C=O) groups excluding carboxylic acids is 1. The standard InChI is InChI=1S/C22H21BrN6O2/c1-28-21(20(23)14-25-28)16-10-18(12-19(11-16)29-6-8-31-9-7-29)27-22(30)26-17-4-2-15(13-24)3-5-17/h2-5,10-12,14H,6-9H2,1H3,(H2,26,27,30). The number of anilines is 3. The molecule has 0 unspecified atom stereocenters. The average molecular weight is 481 g/mol. The Morgan fingerprint density at radius 2 is 1.84 bits per heavy atom. The van der Waals surface area contributed by atoms with Gasteiger partial charge >= 0.3 is 6.03 Å². The van der Waals surface area contributed by atoms with Crippen molar-refractivity contribution >= 4 is 39.0 Å². The zero-order valence-corrected chi connectivity index (χ0v) is 18.5. The van der Waals surface area contributed by atoms with E-state index in [1.54, 1.807) is 35.1 Å². The van der Waals surface area contributed by atoms with Gasteiger partial charge in [-0.1, -0.05) is 0 Å². The van der Waals surface area contributed by atoms with E-state index < -0.39 is 0 Å². The van der Waals surface area contributed by atoms with Gasteiger partial charge in [0.15, 0.2) is 0 Å². The van der Waals surface area contributed by atoms with Crippen molar-refractivity contribution in [3.8, 4) is 17.3 Å². The lowest BCUT2D eigenvalue weighted by Gasteiger charge is -2.29. The molecule has 0 spiro atoms. The van der Waals surface area contributed by atoms with Gasteiger partial charge in [-0.3, -0.25) is 4.68 Å². The summed E-state index contributed by atoms with van der Waals surface area (Å²) in [6.07, 6.45) is 1.75. The Kier molecular flexibility index (Phi) is 6.21. The molecule has 158 valence electrons. The molecule has 8 nitrogen and oxygen atoms in total. The SMILES string of the molecule is Cn1ncc(Br)c1-c1cc(NC(=O)Nc2ccc(C#N)cc2)cc(N2CCOCC2)c1. The number of nitrogens with one attached hydrogen (secondary N) is 2. The number of nitriles is 1. The lowest BCUT2D eigenvalue weighted by molar-refractivity contribution is 0.122. The zero-order valence-electron chi connectivity index (χ0n) is 16.9. The number of hydrogen-bond acceptors (Lipinski definition) is 5. The van der Waals surface area contributed by atoms with E-state index in [0.717, 1.165) is 34.5 Å². The third-order valence-electron chi connectivity index (χ3n) is 4.99. The Morgan fingerprint density at radius 3 is 2.48 bits per heavy atom. The van der Waals surface area contributed by atoms with Gasteiger partial charge in [0, 0.05) is 42.8 Å². The summed E-state index contributed by atoms with van der Waals surface area (Å²) in [5, 5.41) is 18.9. The number of amides is 2. The molecule has 4 rings (SSSR count). The van der Waals surface area contributed by atoms with Crippen molar-refractivity contribution in [3.05, 3.63) is 58.7 Å². The molecule has 0 radical (unpaired) electrons. The van der Waals surface area contributed by atoms with Crippen molar-refractivity contribution in [3.63, 3.8) is 0 Å². The van der Waals surface area contributed by atoms with E-state index in [1.165, 1.54) is 0 Å². The summed E-state index contributed by atoms with van der Waals surface area (Å²) in [6, 6.07) is 14.4. The highest BCUT2D eigenvalue weighted by molar-refractivity contribution is 9.10. The molecule has 2 heterocycles. The minimum Gasteiger partial charge on any atom is -0.378 e. The fourth-order valence-electron chi connectivity index (χ4n) is 3.48. The van der Waals surface area contributed by atoms with E-state index in [2.05, 4.69) is 48.7 Å². The summed E-state index contributed by atoms with van der Waals surface area (Å²) in [5.41, 5.74) is 4.67. The monoisotopic (exact) mass is 480 g/mol. The van der Waals surface area contributed by atoms with E-state index in [1.807, 2.05) is 19.2 Å². The highest BCUT2D eigenvalue weighted by Gasteiger charge is 2.17. The number of urea groups is 1. The molecule has 31 heavy (non-hydrogen) atoms. The third-order valence-corrected chi connectivity index (χ3v) is 5.57. The summed E-state index contributed by atoms with van der Waals surface area (Å²) in [5.74, 6) is 0. The van der Waals surface area contributed by atoms with Crippen molar-refractivity contribution in [1.29, 1.82) is 5.26 Å². The molecule has 0 bridgehead atoms. The summed E-state index contributed by atoms with van der Waals surface area (Å²) >= 11 is 3.57. The number of ether oxygens (including phenoxy) is 1. The number of aryl methyl sites for hydroxylation is 1. The molecule has 9 heteroatoms. The van der Waals surface area contributed by atoms with Crippen LogP contribution in [0.3, 0.4) is 0 Å². The van der Waals surface area contributed by atoms with Crippen LogP contribution in [-0.2, 0) is 11.8 Å². The van der Waals surface area contributed by atoms with Crippen LogP contribution in [0.2, 0.25) is 0 Å². The first-order valence-electron chi connectivity index (χ1n) is 9.77. The molecule has 0 atom stereocenters. The molecule has 3 aromatic rings. The fourth-order valence-corrected chi connectivity index (χ4v) is 4.06. The van der Waals surface area contributed by atoms with E-state index >= 15 is 0 Å². The number of benzene rings is 2. The highest BCUT2D eigenvalue weighted by atomic mass is 79.9. The Morgan fingerprint density at radius 1 is 1.13 bits per heavy atom. The highest BCUT2D eigenvalue weighted by Crippen LogP contribution is 2.33. The maximum atomic E-state index is 12.6. The van der Waals surface area contributed by atoms with Crippen LogP contribution in [0, 0.1) is 11.3 Å². The van der Waals surface area contributed by atoms with Gasteiger partial charge in [0.2, 0.25) is 0 Å². The first-order valence-corrected chi connectivity index (χ1v) is 10.6. The Hall–Kier alpha value is -3.35. The number of rotatable bonds is 4.